The molecular weight excluding hydrogens is 273 g/mol. The van der Waals surface area contributed by atoms with Gasteiger partial charge in [-0.05, 0) is 18.2 Å². The largest absolute Gasteiger partial charge is 0.444 e. The average Bonchev–Trinajstić information content (AvgIpc) is 2.10. The highest BCUT2D eigenvalue weighted by Crippen LogP contribution is 2.29. The van der Waals surface area contributed by atoms with Crippen LogP contribution in [0.1, 0.15) is 0 Å². The Hall–Kier alpha value is -0.450. The summed E-state index contributed by atoms with van der Waals surface area (Å²) in [5.74, 6) is 0. The maximum atomic E-state index is 12.0. The Kier molecular flexibility index (Phi) is 3.87. The summed E-state index contributed by atoms with van der Waals surface area (Å²) in [5.41, 5.74) is -0.00766. The van der Waals surface area contributed by atoms with Crippen LogP contribution in [0, 0.1) is 0 Å². The average molecular weight is 276 g/mol. The van der Waals surface area contributed by atoms with Gasteiger partial charge in [0.05, 0.1) is 15.7 Å². The number of benzene rings is 1. The van der Waals surface area contributed by atoms with Crippen LogP contribution in [0.5, 0.6) is 0 Å². The minimum atomic E-state index is -4.66. The molecule has 0 N–H and O–H groups in total. The van der Waals surface area contributed by atoms with Gasteiger partial charge in [0.1, 0.15) is 0 Å². The molecule has 0 fully saturated rings. The molecule has 0 bridgehead atoms. The van der Waals surface area contributed by atoms with Crippen LogP contribution in [0.25, 0.3) is 0 Å². The number of alkyl halides is 3. The third-order valence-corrected chi connectivity index (χ3v) is 2.40. The van der Waals surface area contributed by atoms with Gasteiger partial charge in [-0.1, -0.05) is 34.8 Å². The number of aliphatic imine (C=N–C) groups is 1. The molecule has 0 aliphatic carbocycles. The summed E-state index contributed by atoms with van der Waals surface area (Å²) < 4.78 is 36.0. The zero-order chi connectivity index (χ0) is 11.6. The normalized spacial score (nSPS) is 13.1. The van der Waals surface area contributed by atoms with Crippen molar-refractivity contribution < 1.29 is 13.2 Å². The highest BCUT2D eigenvalue weighted by Gasteiger charge is 2.34. The van der Waals surface area contributed by atoms with Crippen molar-refractivity contribution in [2.45, 2.75) is 6.18 Å². The Bertz CT molecular complexity index is 401. The van der Waals surface area contributed by atoms with Crippen molar-refractivity contribution in [2.75, 3.05) is 0 Å². The number of hydrogen-bond acceptors (Lipinski definition) is 1. The van der Waals surface area contributed by atoms with Crippen LogP contribution in [0.3, 0.4) is 0 Å². The van der Waals surface area contributed by atoms with E-state index < -0.39 is 11.3 Å². The molecule has 1 aromatic rings. The van der Waals surface area contributed by atoms with Crippen LogP contribution in [0.15, 0.2) is 23.2 Å². The number of halogens is 6. The summed E-state index contributed by atoms with van der Waals surface area (Å²) in [7, 11) is 0. The minimum absolute atomic E-state index is 0.00766. The van der Waals surface area contributed by atoms with E-state index >= 15 is 0 Å². The highest BCUT2D eigenvalue weighted by molar-refractivity contribution is 6.67. The van der Waals surface area contributed by atoms with Gasteiger partial charge in [0.25, 0.3) is 0 Å². The molecule has 0 saturated heterocycles. The molecule has 0 aliphatic rings. The van der Waals surface area contributed by atoms with E-state index in [1.807, 2.05) is 0 Å². The van der Waals surface area contributed by atoms with Gasteiger partial charge in [-0.25, -0.2) is 4.99 Å². The molecule has 0 aromatic heterocycles. The Morgan fingerprint density at radius 1 is 1.13 bits per heavy atom. The van der Waals surface area contributed by atoms with Crippen molar-refractivity contribution >= 4 is 45.7 Å². The Morgan fingerprint density at radius 2 is 1.73 bits per heavy atom. The molecule has 82 valence electrons. The monoisotopic (exact) mass is 275 g/mol. The number of rotatable bonds is 1. The maximum absolute atomic E-state index is 12.0. The van der Waals surface area contributed by atoms with Gasteiger partial charge in [0.2, 0.25) is 5.17 Å². The van der Waals surface area contributed by atoms with Crippen LogP contribution < -0.4 is 0 Å². The number of nitrogens with zero attached hydrogens (tertiary/aromatic N) is 1. The molecule has 1 nitrogen and oxygen atoms in total. The molecule has 0 atom stereocenters. The first-order chi connectivity index (χ1) is 6.80. The van der Waals surface area contributed by atoms with Gasteiger partial charge in [-0.15, -0.1) is 0 Å². The minimum Gasteiger partial charge on any atom is -0.232 e. The predicted octanol–water partition coefficient (Wildman–Crippen LogP) is 4.82. The second-order valence-corrected chi connectivity index (χ2v) is 3.67. The molecule has 0 aliphatic heterocycles. The predicted molar refractivity (Wildman–Crippen MR) is 55.5 cm³/mol. The summed E-state index contributed by atoms with van der Waals surface area (Å²) in [6.45, 7) is 0. The summed E-state index contributed by atoms with van der Waals surface area (Å²) >= 11 is 16.1. The summed E-state index contributed by atoms with van der Waals surface area (Å²) in [4.78, 5) is 3.15. The van der Waals surface area contributed by atoms with E-state index in [4.69, 9.17) is 34.8 Å². The highest BCUT2D eigenvalue weighted by atomic mass is 35.5. The maximum Gasteiger partial charge on any atom is 0.444 e. The van der Waals surface area contributed by atoms with E-state index in [1.54, 1.807) is 0 Å². The molecule has 1 aromatic carbocycles. The molecule has 0 amide bonds. The second-order valence-electron chi connectivity index (χ2n) is 2.50. The molecule has 0 unspecified atom stereocenters. The lowest BCUT2D eigenvalue weighted by Gasteiger charge is -2.03. The van der Waals surface area contributed by atoms with Crippen LogP contribution in [-0.4, -0.2) is 11.3 Å². The van der Waals surface area contributed by atoms with Crippen molar-refractivity contribution in [3.8, 4) is 0 Å². The van der Waals surface area contributed by atoms with E-state index in [0.717, 1.165) is 0 Å². The SMILES string of the molecule is FC(F)(F)C(Cl)=Nc1ccc(Cl)c(Cl)c1. The first-order valence-electron chi connectivity index (χ1n) is 3.57. The zero-order valence-corrected chi connectivity index (χ0v) is 9.21. The van der Waals surface area contributed by atoms with Crippen LogP contribution >= 0.6 is 34.8 Å². The first kappa shape index (κ1) is 12.6. The molecule has 0 heterocycles. The summed E-state index contributed by atoms with van der Waals surface area (Å²) in [6.07, 6.45) is -4.66. The molecule has 15 heavy (non-hydrogen) atoms. The van der Waals surface area contributed by atoms with E-state index in [-0.39, 0.29) is 15.7 Å². The lowest BCUT2D eigenvalue weighted by molar-refractivity contribution is -0.0558. The van der Waals surface area contributed by atoms with Crippen LogP contribution in [0.4, 0.5) is 18.9 Å². The quantitative estimate of drug-likeness (QED) is 0.652. The third kappa shape index (κ3) is 3.55. The van der Waals surface area contributed by atoms with Crippen molar-refractivity contribution in [2.24, 2.45) is 4.99 Å². The van der Waals surface area contributed by atoms with Crippen molar-refractivity contribution in [3.05, 3.63) is 28.2 Å². The fraction of sp³-hybridized carbons (Fsp3) is 0.125. The first-order valence-corrected chi connectivity index (χ1v) is 4.70. The molecule has 0 spiro atoms. The van der Waals surface area contributed by atoms with Crippen LogP contribution in [-0.2, 0) is 0 Å². The summed E-state index contributed by atoms with van der Waals surface area (Å²) in [6, 6.07) is 3.81. The van der Waals surface area contributed by atoms with Gasteiger partial charge >= 0.3 is 6.18 Å². The van der Waals surface area contributed by atoms with Gasteiger partial charge < -0.3 is 0 Å². The molecule has 7 heteroatoms. The Morgan fingerprint density at radius 3 is 2.20 bits per heavy atom. The molecule has 0 saturated carbocycles. The van der Waals surface area contributed by atoms with E-state index in [2.05, 4.69) is 4.99 Å². The molecule has 0 radical (unpaired) electrons. The van der Waals surface area contributed by atoms with Crippen LogP contribution in [0.2, 0.25) is 10.0 Å². The lowest BCUT2D eigenvalue weighted by atomic mass is 10.3. The van der Waals surface area contributed by atoms with Gasteiger partial charge in [0, 0.05) is 0 Å². The molecular formula is C8H3Cl3F3N. The van der Waals surface area contributed by atoms with Crippen molar-refractivity contribution in [3.63, 3.8) is 0 Å². The fourth-order valence-electron chi connectivity index (χ4n) is 0.731. The summed E-state index contributed by atoms with van der Waals surface area (Å²) in [5, 5.41) is -1.11. The van der Waals surface area contributed by atoms with Gasteiger partial charge in [0.15, 0.2) is 0 Å². The van der Waals surface area contributed by atoms with Gasteiger partial charge in [-0.3, -0.25) is 0 Å². The van der Waals surface area contributed by atoms with Gasteiger partial charge in [-0.2, -0.15) is 13.2 Å². The number of hydrogen-bond donors (Lipinski definition) is 0. The third-order valence-electron chi connectivity index (χ3n) is 1.36. The lowest BCUT2D eigenvalue weighted by Crippen LogP contribution is -2.16. The Labute approximate surface area is 98.5 Å². The fourth-order valence-corrected chi connectivity index (χ4v) is 1.12. The smallest absolute Gasteiger partial charge is 0.232 e. The Balaban J connectivity index is 3.04. The second kappa shape index (κ2) is 4.60. The topological polar surface area (TPSA) is 12.4 Å². The molecule has 1 rings (SSSR count). The van der Waals surface area contributed by atoms with Crippen molar-refractivity contribution in [1.29, 1.82) is 0 Å². The zero-order valence-electron chi connectivity index (χ0n) is 6.95. The van der Waals surface area contributed by atoms with E-state index in [0.29, 0.717) is 0 Å². The van der Waals surface area contributed by atoms with E-state index in [9.17, 15) is 13.2 Å². The van der Waals surface area contributed by atoms with Crippen molar-refractivity contribution in [1.82, 2.24) is 0 Å². The van der Waals surface area contributed by atoms with E-state index in [1.165, 1.54) is 18.2 Å². The standard InChI is InChI=1S/C8H3Cl3F3N/c9-5-2-1-4(3-6(5)10)15-7(11)8(12,13)14/h1-3H.